The van der Waals surface area contributed by atoms with Crippen molar-refractivity contribution < 1.29 is 9.84 Å². The Kier molecular flexibility index (Phi) is 6.92. The van der Waals surface area contributed by atoms with Crippen LogP contribution < -0.4 is 10.5 Å². The Bertz CT molecular complexity index is 309. The van der Waals surface area contributed by atoms with Gasteiger partial charge in [0.1, 0.15) is 5.75 Å². The normalized spacial score (nSPS) is 11.7. The standard InChI is InChI=1S/C10H14BrNO2.ClH/c1-14-10-6-7(11)2-3-8(10)9(12)4-5-13;/h2-3,6,9,13H,4-5,12H2,1H3;1H/t9-;/m0./s1. The fourth-order valence-electron chi connectivity index (χ4n) is 1.29. The van der Waals surface area contributed by atoms with Gasteiger partial charge in [-0.25, -0.2) is 0 Å². The van der Waals surface area contributed by atoms with Gasteiger partial charge in [0.15, 0.2) is 0 Å². The van der Waals surface area contributed by atoms with Gasteiger partial charge in [-0.15, -0.1) is 12.4 Å². The number of ether oxygens (including phenoxy) is 1. The minimum absolute atomic E-state index is 0. The molecule has 0 aliphatic heterocycles. The highest BCUT2D eigenvalue weighted by molar-refractivity contribution is 9.10. The molecule has 1 aromatic carbocycles. The molecule has 0 radical (unpaired) electrons. The van der Waals surface area contributed by atoms with E-state index in [1.807, 2.05) is 18.2 Å². The number of aliphatic hydroxyl groups is 1. The molecule has 0 unspecified atom stereocenters. The van der Waals surface area contributed by atoms with Gasteiger partial charge < -0.3 is 15.6 Å². The molecule has 1 atom stereocenters. The Morgan fingerprint density at radius 3 is 2.73 bits per heavy atom. The maximum Gasteiger partial charge on any atom is 0.124 e. The van der Waals surface area contributed by atoms with Crippen LogP contribution in [-0.4, -0.2) is 18.8 Å². The Hall–Kier alpha value is -0.290. The van der Waals surface area contributed by atoms with Crippen molar-refractivity contribution in [2.75, 3.05) is 13.7 Å². The monoisotopic (exact) mass is 295 g/mol. The van der Waals surface area contributed by atoms with Gasteiger partial charge in [0.25, 0.3) is 0 Å². The zero-order valence-corrected chi connectivity index (χ0v) is 10.8. The van der Waals surface area contributed by atoms with Crippen LogP contribution in [0.4, 0.5) is 0 Å². The van der Waals surface area contributed by atoms with Crippen LogP contribution >= 0.6 is 28.3 Å². The third kappa shape index (κ3) is 3.99. The topological polar surface area (TPSA) is 55.5 Å². The average Bonchev–Trinajstić information content (AvgIpc) is 2.17. The summed E-state index contributed by atoms with van der Waals surface area (Å²) in [5.41, 5.74) is 6.80. The van der Waals surface area contributed by atoms with E-state index in [0.717, 1.165) is 15.8 Å². The van der Waals surface area contributed by atoms with Gasteiger partial charge in [-0.1, -0.05) is 22.0 Å². The summed E-state index contributed by atoms with van der Waals surface area (Å²) < 4.78 is 6.16. The van der Waals surface area contributed by atoms with Crippen molar-refractivity contribution in [3.05, 3.63) is 28.2 Å². The summed E-state index contributed by atoms with van der Waals surface area (Å²) in [5.74, 6) is 0.750. The van der Waals surface area contributed by atoms with Gasteiger partial charge in [0, 0.05) is 22.7 Å². The lowest BCUT2D eigenvalue weighted by atomic mass is 10.0. The molecular weight excluding hydrogens is 281 g/mol. The number of hydrogen-bond acceptors (Lipinski definition) is 3. The lowest BCUT2D eigenvalue weighted by Crippen LogP contribution is -2.13. The predicted octanol–water partition coefficient (Wildman–Crippen LogP) is 2.26. The SMILES string of the molecule is COc1cc(Br)ccc1[C@@H](N)CCO.Cl. The number of nitrogens with two attached hydrogens (primary N) is 1. The van der Waals surface area contributed by atoms with Gasteiger partial charge in [-0.05, 0) is 18.6 Å². The van der Waals surface area contributed by atoms with E-state index in [1.165, 1.54) is 0 Å². The molecule has 1 rings (SSSR count). The number of rotatable bonds is 4. The third-order valence-electron chi connectivity index (χ3n) is 2.04. The van der Waals surface area contributed by atoms with Gasteiger partial charge in [0.05, 0.1) is 7.11 Å². The summed E-state index contributed by atoms with van der Waals surface area (Å²) in [5, 5.41) is 8.79. The molecule has 0 amide bonds. The van der Waals surface area contributed by atoms with Crippen LogP contribution in [0.2, 0.25) is 0 Å². The summed E-state index contributed by atoms with van der Waals surface area (Å²) in [6.45, 7) is 0.0837. The highest BCUT2D eigenvalue weighted by atomic mass is 79.9. The molecule has 15 heavy (non-hydrogen) atoms. The van der Waals surface area contributed by atoms with Crippen molar-refractivity contribution in [2.24, 2.45) is 5.73 Å². The zero-order valence-electron chi connectivity index (χ0n) is 8.44. The van der Waals surface area contributed by atoms with Crippen LogP contribution in [0, 0.1) is 0 Å². The smallest absolute Gasteiger partial charge is 0.124 e. The molecule has 0 saturated carbocycles. The summed E-state index contributed by atoms with van der Waals surface area (Å²) in [6, 6.07) is 5.51. The van der Waals surface area contributed by atoms with E-state index in [-0.39, 0.29) is 25.1 Å². The Morgan fingerprint density at radius 2 is 2.20 bits per heavy atom. The van der Waals surface area contributed by atoms with Crippen LogP contribution in [0.3, 0.4) is 0 Å². The number of hydrogen-bond donors (Lipinski definition) is 2. The van der Waals surface area contributed by atoms with Crippen molar-refractivity contribution in [1.82, 2.24) is 0 Å². The Labute approximate surface area is 104 Å². The van der Waals surface area contributed by atoms with E-state index < -0.39 is 0 Å². The summed E-state index contributed by atoms with van der Waals surface area (Å²) in [4.78, 5) is 0. The van der Waals surface area contributed by atoms with E-state index >= 15 is 0 Å². The number of methoxy groups -OCH3 is 1. The second kappa shape index (κ2) is 7.06. The molecule has 1 aromatic rings. The number of halogens is 2. The Morgan fingerprint density at radius 1 is 1.53 bits per heavy atom. The van der Waals surface area contributed by atoms with Crippen LogP contribution in [0.5, 0.6) is 5.75 Å². The maximum atomic E-state index is 8.79. The third-order valence-corrected chi connectivity index (χ3v) is 2.53. The lowest BCUT2D eigenvalue weighted by Gasteiger charge is -2.14. The first-order chi connectivity index (χ1) is 6.69. The first-order valence-corrected chi connectivity index (χ1v) is 5.18. The van der Waals surface area contributed by atoms with Gasteiger partial charge in [0.2, 0.25) is 0 Å². The van der Waals surface area contributed by atoms with E-state index in [1.54, 1.807) is 7.11 Å². The van der Waals surface area contributed by atoms with E-state index in [4.69, 9.17) is 15.6 Å². The van der Waals surface area contributed by atoms with Gasteiger partial charge >= 0.3 is 0 Å². The molecule has 0 aliphatic carbocycles. The molecule has 0 bridgehead atoms. The largest absolute Gasteiger partial charge is 0.496 e. The number of aliphatic hydroxyl groups excluding tert-OH is 1. The molecule has 86 valence electrons. The highest BCUT2D eigenvalue weighted by Gasteiger charge is 2.11. The molecule has 5 heteroatoms. The van der Waals surface area contributed by atoms with E-state index in [9.17, 15) is 0 Å². The van der Waals surface area contributed by atoms with Crippen molar-refractivity contribution in [3.8, 4) is 5.75 Å². The fourth-order valence-corrected chi connectivity index (χ4v) is 1.63. The quantitative estimate of drug-likeness (QED) is 0.896. The van der Waals surface area contributed by atoms with Crippen LogP contribution in [-0.2, 0) is 0 Å². The molecule has 3 nitrogen and oxygen atoms in total. The highest BCUT2D eigenvalue weighted by Crippen LogP contribution is 2.28. The first kappa shape index (κ1) is 14.7. The van der Waals surface area contributed by atoms with E-state index in [0.29, 0.717) is 6.42 Å². The number of benzene rings is 1. The molecule has 0 spiro atoms. The molecular formula is C10H15BrClNO2. The maximum absolute atomic E-state index is 8.79. The molecule has 0 saturated heterocycles. The minimum Gasteiger partial charge on any atom is -0.496 e. The van der Waals surface area contributed by atoms with Crippen LogP contribution in [0.25, 0.3) is 0 Å². The van der Waals surface area contributed by atoms with Crippen molar-refractivity contribution in [1.29, 1.82) is 0 Å². The Balaban J connectivity index is 0.00000196. The lowest BCUT2D eigenvalue weighted by molar-refractivity contribution is 0.275. The summed E-state index contributed by atoms with van der Waals surface area (Å²) >= 11 is 3.36. The van der Waals surface area contributed by atoms with E-state index in [2.05, 4.69) is 15.9 Å². The predicted molar refractivity (Wildman–Crippen MR) is 66.6 cm³/mol. The average molecular weight is 297 g/mol. The summed E-state index contributed by atoms with van der Waals surface area (Å²) in [6.07, 6.45) is 0.540. The van der Waals surface area contributed by atoms with Gasteiger partial charge in [-0.2, -0.15) is 0 Å². The molecule has 0 aliphatic rings. The second-order valence-corrected chi connectivity index (χ2v) is 3.92. The van der Waals surface area contributed by atoms with Crippen molar-refractivity contribution in [2.45, 2.75) is 12.5 Å². The summed E-state index contributed by atoms with van der Waals surface area (Å²) in [7, 11) is 1.61. The van der Waals surface area contributed by atoms with Crippen molar-refractivity contribution in [3.63, 3.8) is 0 Å². The van der Waals surface area contributed by atoms with Crippen LogP contribution in [0.1, 0.15) is 18.0 Å². The molecule has 3 N–H and O–H groups in total. The molecule has 0 fully saturated rings. The molecule has 0 heterocycles. The van der Waals surface area contributed by atoms with Crippen LogP contribution in [0.15, 0.2) is 22.7 Å². The van der Waals surface area contributed by atoms with Crippen molar-refractivity contribution >= 4 is 28.3 Å². The minimum atomic E-state index is -0.178. The molecule has 0 aromatic heterocycles. The van der Waals surface area contributed by atoms with Gasteiger partial charge in [-0.3, -0.25) is 0 Å². The first-order valence-electron chi connectivity index (χ1n) is 4.39. The zero-order chi connectivity index (χ0) is 10.6. The fraction of sp³-hybridized carbons (Fsp3) is 0.400. The second-order valence-electron chi connectivity index (χ2n) is 3.01.